The molecule has 1 fully saturated rings. The van der Waals surface area contributed by atoms with Crippen LogP contribution < -0.4 is 5.73 Å². The number of hydrogen-bond acceptors (Lipinski definition) is 4. The molecule has 118 valence electrons. The molecule has 0 bridgehead atoms. The largest absolute Gasteiger partial charge is 0.399 e. The van der Waals surface area contributed by atoms with Crippen molar-refractivity contribution in [1.82, 2.24) is 14.5 Å². The van der Waals surface area contributed by atoms with Crippen LogP contribution >= 0.6 is 0 Å². The fourth-order valence-corrected chi connectivity index (χ4v) is 2.89. The van der Waals surface area contributed by atoms with Crippen molar-refractivity contribution in [3.63, 3.8) is 0 Å². The van der Waals surface area contributed by atoms with Crippen molar-refractivity contribution in [2.24, 2.45) is 0 Å². The van der Waals surface area contributed by atoms with Crippen LogP contribution in [0.1, 0.15) is 17.8 Å². The summed E-state index contributed by atoms with van der Waals surface area (Å²) in [7, 11) is 0. The summed E-state index contributed by atoms with van der Waals surface area (Å²) in [5.41, 5.74) is 7.86. The van der Waals surface area contributed by atoms with Gasteiger partial charge in [0.05, 0.1) is 13.2 Å². The highest BCUT2D eigenvalue weighted by Crippen LogP contribution is 2.12. The molecule has 0 saturated carbocycles. The molecule has 3 rings (SSSR count). The number of nitrogen functional groups attached to an aromatic ring is 1. The fraction of sp³-hybridized carbons (Fsp3) is 0.471. The molecule has 0 amide bonds. The molecule has 2 heterocycles. The molecule has 0 aliphatic carbocycles. The first-order chi connectivity index (χ1) is 10.8. The summed E-state index contributed by atoms with van der Waals surface area (Å²) in [6, 6.07) is 8.03. The second kappa shape index (κ2) is 7.42. The van der Waals surface area contributed by atoms with Crippen molar-refractivity contribution >= 4 is 5.69 Å². The normalized spacial score (nSPS) is 16.0. The predicted molar refractivity (Wildman–Crippen MR) is 87.8 cm³/mol. The first-order valence-corrected chi connectivity index (χ1v) is 7.96. The van der Waals surface area contributed by atoms with Crippen LogP contribution in [0.4, 0.5) is 5.69 Å². The van der Waals surface area contributed by atoms with Gasteiger partial charge in [-0.3, -0.25) is 4.90 Å². The minimum Gasteiger partial charge on any atom is -0.399 e. The van der Waals surface area contributed by atoms with Gasteiger partial charge in [0.1, 0.15) is 5.82 Å². The lowest BCUT2D eigenvalue weighted by atomic mass is 10.1. The van der Waals surface area contributed by atoms with Crippen molar-refractivity contribution in [1.29, 1.82) is 0 Å². The van der Waals surface area contributed by atoms with Gasteiger partial charge in [0.2, 0.25) is 0 Å². The SMILES string of the molecule is Nc1cccc(Cc2nccn2CCCN2CCOCC2)c1. The van der Waals surface area contributed by atoms with Crippen molar-refractivity contribution in [3.05, 3.63) is 48.0 Å². The zero-order valence-electron chi connectivity index (χ0n) is 12.9. The van der Waals surface area contributed by atoms with Crippen molar-refractivity contribution in [2.75, 3.05) is 38.6 Å². The second-order valence-electron chi connectivity index (χ2n) is 5.77. The molecule has 0 spiro atoms. The second-order valence-corrected chi connectivity index (χ2v) is 5.77. The molecule has 2 aromatic rings. The molecule has 5 nitrogen and oxygen atoms in total. The van der Waals surface area contributed by atoms with Gasteiger partial charge < -0.3 is 15.0 Å². The number of aryl methyl sites for hydroxylation is 1. The van der Waals surface area contributed by atoms with Gasteiger partial charge in [0, 0.05) is 50.7 Å². The zero-order chi connectivity index (χ0) is 15.2. The van der Waals surface area contributed by atoms with E-state index in [0.29, 0.717) is 0 Å². The summed E-state index contributed by atoms with van der Waals surface area (Å²) >= 11 is 0. The Kier molecular flexibility index (Phi) is 5.08. The van der Waals surface area contributed by atoms with Crippen LogP contribution in [0.25, 0.3) is 0 Å². The van der Waals surface area contributed by atoms with Gasteiger partial charge in [-0.15, -0.1) is 0 Å². The standard InChI is InChI=1S/C17H24N4O/c18-16-4-1-3-15(13-16)14-17-19-5-8-21(17)7-2-6-20-9-11-22-12-10-20/h1,3-5,8,13H,2,6-7,9-12,14,18H2. The monoisotopic (exact) mass is 300 g/mol. The molecule has 1 aromatic heterocycles. The molecule has 0 radical (unpaired) electrons. The topological polar surface area (TPSA) is 56.3 Å². The van der Waals surface area contributed by atoms with E-state index < -0.39 is 0 Å². The lowest BCUT2D eigenvalue weighted by molar-refractivity contribution is 0.0369. The number of hydrogen-bond donors (Lipinski definition) is 1. The number of anilines is 1. The Morgan fingerprint density at radius 2 is 2.05 bits per heavy atom. The van der Waals surface area contributed by atoms with Crippen LogP contribution in [0.3, 0.4) is 0 Å². The first-order valence-electron chi connectivity index (χ1n) is 7.96. The van der Waals surface area contributed by atoms with Crippen LogP contribution in [-0.2, 0) is 17.7 Å². The number of imidazole rings is 1. The number of nitrogens with two attached hydrogens (primary N) is 1. The van der Waals surface area contributed by atoms with Crippen molar-refractivity contribution < 1.29 is 4.74 Å². The van der Waals surface area contributed by atoms with Crippen molar-refractivity contribution in [2.45, 2.75) is 19.4 Å². The molecular formula is C17H24N4O. The zero-order valence-corrected chi connectivity index (χ0v) is 12.9. The summed E-state index contributed by atoms with van der Waals surface area (Å²) < 4.78 is 7.63. The number of aromatic nitrogens is 2. The molecule has 0 atom stereocenters. The van der Waals surface area contributed by atoms with E-state index in [1.54, 1.807) is 0 Å². The number of ether oxygens (including phenoxy) is 1. The van der Waals surface area contributed by atoms with Gasteiger partial charge in [0.15, 0.2) is 0 Å². The molecular weight excluding hydrogens is 276 g/mol. The minimum absolute atomic E-state index is 0.808. The van der Waals surface area contributed by atoms with Gasteiger partial charge in [-0.2, -0.15) is 0 Å². The molecule has 1 saturated heterocycles. The highest BCUT2D eigenvalue weighted by atomic mass is 16.5. The third-order valence-electron chi connectivity index (χ3n) is 4.09. The maximum Gasteiger partial charge on any atom is 0.113 e. The third kappa shape index (κ3) is 4.08. The van der Waals surface area contributed by atoms with Gasteiger partial charge in [-0.25, -0.2) is 4.98 Å². The van der Waals surface area contributed by atoms with Crippen LogP contribution in [0, 0.1) is 0 Å². The van der Waals surface area contributed by atoms with E-state index in [-0.39, 0.29) is 0 Å². The maximum absolute atomic E-state index is 5.85. The Bertz CT molecular complexity index is 590. The average molecular weight is 300 g/mol. The summed E-state index contributed by atoms with van der Waals surface area (Å²) in [6.45, 7) is 5.98. The van der Waals surface area contributed by atoms with E-state index in [1.807, 2.05) is 24.4 Å². The quantitative estimate of drug-likeness (QED) is 0.826. The summed E-state index contributed by atoms with van der Waals surface area (Å²) in [4.78, 5) is 6.97. The number of nitrogens with zero attached hydrogens (tertiary/aromatic N) is 3. The van der Waals surface area contributed by atoms with E-state index in [9.17, 15) is 0 Å². The summed E-state index contributed by atoms with van der Waals surface area (Å²) in [5, 5.41) is 0. The lowest BCUT2D eigenvalue weighted by Gasteiger charge is -2.26. The summed E-state index contributed by atoms with van der Waals surface area (Å²) in [6.07, 6.45) is 5.92. The molecule has 1 aromatic carbocycles. The van der Waals surface area contributed by atoms with E-state index >= 15 is 0 Å². The maximum atomic E-state index is 5.85. The number of benzene rings is 1. The number of rotatable bonds is 6. The van der Waals surface area contributed by atoms with Gasteiger partial charge in [-0.1, -0.05) is 12.1 Å². The predicted octanol–water partition coefficient (Wildman–Crippen LogP) is 1.78. The van der Waals surface area contributed by atoms with E-state index in [2.05, 4.69) is 26.7 Å². The Morgan fingerprint density at radius 1 is 1.18 bits per heavy atom. The Morgan fingerprint density at radius 3 is 2.86 bits per heavy atom. The summed E-state index contributed by atoms with van der Waals surface area (Å²) in [5.74, 6) is 1.10. The minimum atomic E-state index is 0.808. The van der Waals surface area contributed by atoms with Crippen LogP contribution in [-0.4, -0.2) is 47.3 Å². The van der Waals surface area contributed by atoms with Crippen molar-refractivity contribution in [3.8, 4) is 0 Å². The Balaban J connectivity index is 1.53. The third-order valence-corrected chi connectivity index (χ3v) is 4.09. The highest BCUT2D eigenvalue weighted by Gasteiger charge is 2.10. The van der Waals surface area contributed by atoms with E-state index in [1.165, 1.54) is 5.56 Å². The number of morpholine rings is 1. The molecule has 0 unspecified atom stereocenters. The fourth-order valence-electron chi connectivity index (χ4n) is 2.89. The molecule has 22 heavy (non-hydrogen) atoms. The average Bonchev–Trinajstić information content (AvgIpc) is 2.96. The van der Waals surface area contributed by atoms with Gasteiger partial charge in [0.25, 0.3) is 0 Å². The van der Waals surface area contributed by atoms with Crippen LogP contribution in [0.15, 0.2) is 36.7 Å². The van der Waals surface area contributed by atoms with Crippen LogP contribution in [0.2, 0.25) is 0 Å². The van der Waals surface area contributed by atoms with E-state index in [4.69, 9.17) is 10.5 Å². The molecule has 5 heteroatoms. The Hall–Kier alpha value is -1.85. The van der Waals surface area contributed by atoms with Crippen LogP contribution in [0.5, 0.6) is 0 Å². The smallest absolute Gasteiger partial charge is 0.113 e. The van der Waals surface area contributed by atoms with Gasteiger partial charge in [-0.05, 0) is 24.1 Å². The molecule has 1 aliphatic rings. The first kappa shape index (κ1) is 15.1. The van der Waals surface area contributed by atoms with E-state index in [0.717, 1.165) is 63.7 Å². The Labute approximate surface area is 131 Å². The van der Waals surface area contributed by atoms with Gasteiger partial charge >= 0.3 is 0 Å². The molecule has 2 N–H and O–H groups in total. The highest BCUT2D eigenvalue weighted by molar-refractivity contribution is 5.41. The molecule has 1 aliphatic heterocycles. The lowest BCUT2D eigenvalue weighted by Crippen LogP contribution is -2.37.